The zero-order valence-electron chi connectivity index (χ0n) is 11.0. The van der Waals surface area contributed by atoms with Gasteiger partial charge in [-0.2, -0.15) is 10.2 Å². The fraction of sp³-hybridized carbons (Fsp3) is 0.462. The number of hydrogen-bond donors (Lipinski definition) is 0. The Morgan fingerprint density at radius 3 is 3.05 bits per heavy atom. The number of fused-ring (bicyclic) bond motifs is 1. The second-order valence-corrected chi connectivity index (χ2v) is 5.36. The van der Waals surface area contributed by atoms with E-state index in [-0.39, 0.29) is 5.78 Å². The molecule has 2 aromatic rings. The Kier molecular flexibility index (Phi) is 3.33. The molecule has 20 heavy (non-hydrogen) atoms. The van der Waals surface area contributed by atoms with Crippen LogP contribution in [0.3, 0.4) is 0 Å². The number of halogens is 2. The van der Waals surface area contributed by atoms with Gasteiger partial charge in [-0.25, -0.2) is 4.39 Å². The lowest BCUT2D eigenvalue weighted by Gasteiger charge is -2.11. The summed E-state index contributed by atoms with van der Waals surface area (Å²) >= 11 is 6.14. The molecule has 0 saturated carbocycles. The van der Waals surface area contributed by atoms with E-state index in [2.05, 4.69) is 10.2 Å². The Hall–Kier alpha value is -1.69. The van der Waals surface area contributed by atoms with Crippen molar-refractivity contribution in [2.24, 2.45) is 0 Å². The molecule has 2 aromatic heterocycles. The van der Waals surface area contributed by atoms with E-state index in [1.807, 2.05) is 0 Å². The Balaban J connectivity index is 2.10. The zero-order chi connectivity index (χ0) is 14.3. The maximum atomic E-state index is 12.9. The molecule has 0 spiro atoms. The second-order valence-electron chi connectivity index (χ2n) is 4.95. The number of hydrogen-bond acceptors (Lipinski definition) is 3. The smallest absolute Gasteiger partial charge is 0.180 e. The van der Waals surface area contributed by atoms with Crippen LogP contribution in [0.25, 0.3) is 11.4 Å². The highest BCUT2D eigenvalue weighted by molar-refractivity contribution is 6.33. The molecule has 5 nitrogen and oxygen atoms in total. The van der Waals surface area contributed by atoms with Crippen molar-refractivity contribution in [3.63, 3.8) is 0 Å². The van der Waals surface area contributed by atoms with Gasteiger partial charge in [0, 0.05) is 13.0 Å². The summed E-state index contributed by atoms with van der Waals surface area (Å²) in [5.74, 6) is 0.0794. The molecule has 7 heteroatoms. The van der Waals surface area contributed by atoms with Crippen molar-refractivity contribution < 1.29 is 9.18 Å². The molecule has 1 aliphatic rings. The maximum absolute atomic E-state index is 12.9. The van der Waals surface area contributed by atoms with Crippen molar-refractivity contribution in [2.75, 3.05) is 6.67 Å². The van der Waals surface area contributed by atoms with Crippen LogP contribution in [0.4, 0.5) is 4.39 Å². The summed E-state index contributed by atoms with van der Waals surface area (Å²) in [6.07, 6.45) is 2.81. The highest BCUT2D eigenvalue weighted by Gasteiger charge is 2.24. The van der Waals surface area contributed by atoms with Crippen molar-refractivity contribution in [2.45, 2.75) is 32.4 Å². The number of aromatic nitrogens is 4. The van der Waals surface area contributed by atoms with Gasteiger partial charge >= 0.3 is 0 Å². The lowest BCUT2D eigenvalue weighted by molar-refractivity contribution is 0.0951. The van der Waals surface area contributed by atoms with Gasteiger partial charge in [-0.1, -0.05) is 11.6 Å². The third-order valence-corrected chi connectivity index (χ3v) is 3.75. The fourth-order valence-corrected chi connectivity index (χ4v) is 2.65. The molecule has 3 heterocycles. The van der Waals surface area contributed by atoms with Crippen LogP contribution in [-0.4, -0.2) is 32.0 Å². The lowest BCUT2D eigenvalue weighted by Crippen LogP contribution is -2.16. The van der Waals surface area contributed by atoms with E-state index < -0.39 is 12.7 Å². The highest BCUT2D eigenvalue weighted by atomic mass is 35.5. The summed E-state index contributed by atoms with van der Waals surface area (Å²) in [5.41, 5.74) is 1.72. The highest BCUT2D eigenvalue weighted by Crippen LogP contribution is 2.31. The molecular weight excluding hydrogens is 283 g/mol. The summed E-state index contributed by atoms with van der Waals surface area (Å²) in [5, 5.41) is 8.92. The average molecular weight is 297 g/mol. The maximum Gasteiger partial charge on any atom is 0.180 e. The standard InChI is InChI=1S/C13H14ClFN4O/c1-8(6-15)19-13(9(14)7-16-19)10-5-11-12(20)3-2-4-18(11)17-10/h5,7-8H,2-4,6H2,1H3. The van der Waals surface area contributed by atoms with Crippen LogP contribution in [0.15, 0.2) is 12.3 Å². The number of carbonyl (C=O) groups is 1. The van der Waals surface area contributed by atoms with Crippen molar-refractivity contribution in [3.8, 4) is 11.4 Å². The first-order valence-electron chi connectivity index (χ1n) is 6.52. The predicted molar refractivity (Wildman–Crippen MR) is 72.7 cm³/mol. The average Bonchev–Trinajstić information content (AvgIpc) is 3.02. The second kappa shape index (κ2) is 5.01. The van der Waals surface area contributed by atoms with Gasteiger partial charge in [-0.05, 0) is 19.4 Å². The number of Topliss-reactive ketones (excluding diaryl/α,β-unsaturated/α-hetero) is 1. The summed E-state index contributed by atoms with van der Waals surface area (Å²) < 4.78 is 16.1. The van der Waals surface area contributed by atoms with E-state index in [1.165, 1.54) is 10.9 Å². The molecule has 106 valence electrons. The van der Waals surface area contributed by atoms with Gasteiger partial charge in [0.25, 0.3) is 0 Å². The Bertz CT molecular complexity index is 663. The van der Waals surface area contributed by atoms with E-state index >= 15 is 0 Å². The minimum Gasteiger partial charge on any atom is -0.292 e. The van der Waals surface area contributed by atoms with Crippen molar-refractivity contribution in [1.29, 1.82) is 0 Å². The van der Waals surface area contributed by atoms with Gasteiger partial charge in [0.1, 0.15) is 23.8 Å². The summed E-state index contributed by atoms with van der Waals surface area (Å²) in [4.78, 5) is 11.9. The number of aryl methyl sites for hydroxylation is 1. The van der Waals surface area contributed by atoms with Crippen LogP contribution in [0.5, 0.6) is 0 Å². The normalized spacial score (nSPS) is 16.2. The van der Waals surface area contributed by atoms with Gasteiger partial charge in [0.15, 0.2) is 5.78 Å². The largest absolute Gasteiger partial charge is 0.292 e. The first kappa shape index (κ1) is 13.3. The lowest BCUT2D eigenvalue weighted by atomic mass is 10.1. The summed E-state index contributed by atoms with van der Waals surface area (Å²) in [6.45, 7) is 1.89. The van der Waals surface area contributed by atoms with E-state index in [0.29, 0.717) is 35.1 Å². The third kappa shape index (κ3) is 2.04. The zero-order valence-corrected chi connectivity index (χ0v) is 11.8. The van der Waals surface area contributed by atoms with E-state index in [0.717, 1.165) is 6.42 Å². The van der Waals surface area contributed by atoms with Crippen LogP contribution in [0.2, 0.25) is 5.02 Å². The van der Waals surface area contributed by atoms with E-state index in [1.54, 1.807) is 17.7 Å². The van der Waals surface area contributed by atoms with Gasteiger partial charge < -0.3 is 0 Å². The van der Waals surface area contributed by atoms with Crippen molar-refractivity contribution in [1.82, 2.24) is 19.6 Å². The molecule has 0 aliphatic carbocycles. The van der Waals surface area contributed by atoms with Gasteiger partial charge in [0.2, 0.25) is 0 Å². The fourth-order valence-electron chi connectivity index (χ4n) is 2.43. The number of alkyl halides is 1. The topological polar surface area (TPSA) is 52.7 Å². The molecule has 0 bridgehead atoms. The first-order valence-corrected chi connectivity index (χ1v) is 6.90. The SMILES string of the molecule is CC(CF)n1ncc(Cl)c1-c1cc2n(n1)CCCC2=O. The Morgan fingerprint density at radius 2 is 2.35 bits per heavy atom. The van der Waals surface area contributed by atoms with Crippen LogP contribution >= 0.6 is 11.6 Å². The molecule has 1 atom stereocenters. The van der Waals surface area contributed by atoms with Crippen LogP contribution < -0.4 is 0 Å². The third-order valence-electron chi connectivity index (χ3n) is 3.47. The molecule has 0 N–H and O–H groups in total. The molecule has 0 aromatic carbocycles. The number of nitrogens with zero attached hydrogens (tertiary/aromatic N) is 4. The molecule has 0 saturated heterocycles. The first-order chi connectivity index (χ1) is 9.61. The number of carbonyl (C=O) groups excluding carboxylic acids is 1. The molecular formula is C13H14ClFN4O. The molecule has 3 rings (SSSR count). The molecule has 0 amide bonds. The van der Waals surface area contributed by atoms with Crippen LogP contribution in [0.1, 0.15) is 36.3 Å². The number of ketones is 1. The minimum atomic E-state index is -0.544. The molecule has 1 unspecified atom stereocenters. The van der Waals surface area contributed by atoms with Gasteiger partial charge in [0.05, 0.1) is 17.3 Å². The summed E-state index contributed by atoms with van der Waals surface area (Å²) in [7, 11) is 0. The summed E-state index contributed by atoms with van der Waals surface area (Å²) in [6, 6.07) is 1.29. The van der Waals surface area contributed by atoms with Crippen LogP contribution in [0, 0.1) is 0 Å². The van der Waals surface area contributed by atoms with Gasteiger partial charge in [-0.15, -0.1) is 0 Å². The van der Waals surface area contributed by atoms with E-state index in [9.17, 15) is 9.18 Å². The molecule has 1 aliphatic heterocycles. The van der Waals surface area contributed by atoms with Gasteiger partial charge in [-0.3, -0.25) is 14.2 Å². The molecule has 0 radical (unpaired) electrons. The quantitative estimate of drug-likeness (QED) is 0.875. The van der Waals surface area contributed by atoms with Crippen LogP contribution in [-0.2, 0) is 6.54 Å². The molecule has 0 fully saturated rings. The Morgan fingerprint density at radius 1 is 1.55 bits per heavy atom. The minimum absolute atomic E-state index is 0.0794. The van der Waals surface area contributed by atoms with Crippen molar-refractivity contribution in [3.05, 3.63) is 23.0 Å². The predicted octanol–water partition coefficient (Wildman–Crippen LogP) is 2.91. The number of rotatable bonds is 3. The monoisotopic (exact) mass is 296 g/mol. The Labute approximate surface area is 120 Å². The van der Waals surface area contributed by atoms with Crippen molar-refractivity contribution >= 4 is 17.4 Å². The van der Waals surface area contributed by atoms with E-state index in [4.69, 9.17) is 11.6 Å².